The molecule has 0 aliphatic carbocycles. The third kappa shape index (κ3) is 3.74. The van der Waals surface area contributed by atoms with E-state index in [1.54, 1.807) is 0 Å². The summed E-state index contributed by atoms with van der Waals surface area (Å²) in [5.41, 5.74) is 0. The van der Waals surface area contributed by atoms with Crippen molar-refractivity contribution in [1.82, 2.24) is 5.32 Å². The summed E-state index contributed by atoms with van der Waals surface area (Å²) in [5, 5.41) is 3.40. The fourth-order valence-electron chi connectivity index (χ4n) is 1.65. The Morgan fingerprint density at radius 1 is 1.45 bits per heavy atom. The largest absolute Gasteiger partial charge is 0.317 e. The van der Waals surface area contributed by atoms with Gasteiger partial charge >= 0.3 is 0 Å². The van der Waals surface area contributed by atoms with Crippen molar-refractivity contribution in [2.45, 2.75) is 36.5 Å². The summed E-state index contributed by atoms with van der Waals surface area (Å²) >= 11 is 2.59. The van der Waals surface area contributed by atoms with Gasteiger partial charge in [-0.3, -0.25) is 0 Å². The first-order chi connectivity index (χ1) is 5.33. The molecule has 0 saturated carbocycles. The molecular weight excluding hydrogens is 249 g/mol. The highest BCUT2D eigenvalue weighted by molar-refractivity contribution is 14.1. The lowest BCUT2D eigenvalue weighted by Crippen LogP contribution is -2.28. The van der Waals surface area contributed by atoms with Gasteiger partial charge in [-0.05, 0) is 44.7 Å². The van der Waals surface area contributed by atoms with E-state index in [-0.39, 0.29) is 0 Å². The molecule has 2 heteroatoms. The van der Waals surface area contributed by atoms with Crippen molar-refractivity contribution in [2.24, 2.45) is 5.92 Å². The van der Waals surface area contributed by atoms with Crippen LogP contribution in [-0.4, -0.2) is 17.0 Å². The highest BCUT2D eigenvalue weighted by Gasteiger charge is 2.15. The zero-order valence-electron chi connectivity index (χ0n) is 7.28. The Hall–Kier alpha value is 0.690. The zero-order valence-corrected chi connectivity index (χ0v) is 9.43. The van der Waals surface area contributed by atoms with Crippen LogP contribution in [0.4, 0.5) is 0 Å². The number of halogens is 1. The topological polar surface area (TPSA) is 12.0 Å². The minimum atomic E-state index is 0.913. The van der Waals surface area contributed by atoms with Crippen molar-refractivity contribution in [2.75, 3.05) is 13.1 Å². The van der Waals surface area contributed by atoms with E-state index >= 15 is 0 Å². The summed E-state index contributed by atoms with van der Waals surface area (Å²) in [5.74, 6) is 1.01. The van der Waals surface area contributed by atoms with Gasteiger partial charge in [0.15, 0.2) is 0 Å². The van der Waals surface area contributed by atoms with Crippen LogP contribution in [0.15, 0.2) is 0 Å². The fraction of sp³-hybridized carbons (Fsp3) is 1.00. The monoisotopic (exact) mass is 267 g/mol. The van der Waals surface area contributed by atoms with Crippen molar-refractivity contribution in [1.29, 1.82) is 0 Å². The molecular formula is C9H18IN. The normalized spacial score (nSPS) is 23.5. The van der Waals surface area contributed by atoms with Crippen molar-refractivity contribution in [3.05, 3.63) is 0 Å². The van der Waals surface area contributed by atoms with Crippen molar-refractivity contribution in [3.8, 4) is 0 Å². The molecule has 1 fully saturated rings. The summed E-state index contributed by atoms with van der Waals surface area (Å²) in [7, 11) is 0. The molecule has 1 heterocycles. The predicted molar refractivity (Wildman–Crippen MR) is 58.3 cm³/mol. The van der Waals surface area contributed by atoms with E-state index in [1.807, 2.05) is 0 Å². The van der Waals surface area contributed by atoms with Crippen LogP contribution in [0.25, 0.3) is 0 Å². The van der Waals surface area contributed by atoms with Gasteiger partial charge in [0.25, 0.3) is 0 Å². The van der Waals surface area contributed by atoms with Gasteiger partial charge in [-0.25, -0.2) is 0 Å². The van der Waals surface area contributed by atoms with E-state index in [0.29, 0.717) is 0 Å². The molecule has 0 aromatic heterocycles. The van der Waals surface area contributed by atoms with Gasteiger partial charge < -0.3 is 5.32 Å². The van der Waals surface area contributed by atoms with E-state index < -0.39 is 0 Å². The predicted octanol–water partition coefficient (Wildman–Crippen LogP) is 2.59. The maximum atomic E-state index is 3.40. The number of hydrogen-bond acceptors (Lipinski definition) is 1. The van der Waals surface area contributed by atoms with Gasteiger partial charge in [-0.2, -0.15) is 0 Å². The average Bonchev–Trinajstić information content (AvgIpc) is 2.06. The van der Waals surface area contributed by atoms with Crippen LogP contribution in [0.1, 0.15) is 32.6 Å². The summed E-state index contributed by atoms with van der Waals surface area (Å²) in [6.45, 7) is 4.79. The quantitative estimate of drug-likeness (QED) is 0.612. The second kappa shape index (κ2) is 5.36. The first-order valence-electron chi connectivity index (χ1n) is 4.67. The van der Waals surface area contributed by atoms with Crippen LogP contribution in [0.5, 0.6) is 0 Å². The van der Waals surface area contributed by atoms with Crippen LogP contribution in [0.2, 0.25) is 0 Å². The van der Waals surface area contributed by atoms with E-state index in [1.165, 1.54) is 38.8 Å². The van der Waals surface area contributed by atoms with Gasteiger partial charge in [0.1, 0.15) is 0 Å². The van der Waals surface area contributed by atoms with E-state index in [2.05, 4.69) is 34.8 Å². The number of alkyl halides is 1. The van der Waals surface area contributed by atoms with Gasteiger partial charge in [0.2, 0.25) is 0 Å². The third-order valence-corrected chi connectivity index (χ3v) is 3.88. The molecule has 0 spiro atoms. The van der Waals surface area contributed by atoms with Crippen molar-refractivity contribution < 1.29 is 0 Å². The van der Waals surface area contributed by atoms with Crippen molar-refractivity contribution in [3.63, 3.8) is 0 Å². The smallest absolute Gasteiger partial charge is 0.0110 e. The Morgan fingerprint density at radius 2 is 2.09 bits per heavy atom. The molecule has 1 saturated heterocycles. The number of nitrogens with one attached hydrogen (secondary N) is 1. The third-order valence-electron chi connectivity index (χ3n) is 2.49. The Labute approximate surface area is 83.5 Å². The Kier molecular flexibility index (Phi) is 4.76. The average molecular weight is 267 g/mol. The Morgan fingerprint density at radius 3 is 2.64 bits per heavy atom. The Bertz CT molecular complexity index is 99.7. The number of piperidine rings is 1. The van der Waals surface area contributed by atoms with Crippen molar-refractivity contribution >= 4 is 22.6 Å². The molecule has 1 aliphatic heterocycles. The van der Waals surface area contributed by atoms with Crippen LogP contribution in [-0.2, 0) is 0 Å². The maximum Gasteiger partial charge on any atom is 0.0110 e. The number of rotatable bonds is 3. The standard InChI is InChI=1S/C9H18IN/c1-2-9(10)7-8-3-5-11-6-4-8/h8-9,11H,2-7H2,1H3. The fourth-order valence-corrected chi connectivity index (χ4v) is 2.36. The molecule has 1 atom stereocenters. The van der Waals surface area contributed by atoms with Gasteiger partial charge in [-0.1, -0.05) is 29.5 Å². The molecule has 0 amide bonds. The molecule has 1 N–H and O–H groups in total. The van der Waals surface area contributed by atoms with E-state index in [0.717, 1.165) is 9.84 Å². The summed E-state index contributed by atoms with van der Waals surface area (Å²) in [6, 6.07) is 0. The van der Waals surface area contributed by atoms with Crippen LogP contribution in [0.3, 0.4) is 0 Å². The molecule has 11 heavy (non-hydrogen) atoms. The van der Waals surface area contributed by atoms with Crippen LogP contribution >= 0.6 is 22.6 Å². The summed E-state index contributed by atoms with van der Waals surface area (Å²) in [6.07, 6.45) is 5.59. The SMILES string of the molecule is CCC(I)CC1CCNCC1. The zero-order chi connectivity index (χ0) is 8.10. The molecule has 1 nitrogen and oxygen atoms in total. The molecule has 1 unspecified atom stereocenters. The lowest BCUT2D eigenvalue weighted by Gasteiger charge is -2.24. The minimum absolute atomic E-state index is 0.913. The lowest BCUT2D eigenvalue weighted by molar-refractivity contribution is 0.352. The maximum absolute atomic E-state index is 3.40. The number of hydrogen-bond donors (Lipinski definition) is 1. The summed E-state index contributed by atoms with van der Waals surface area (Å²) in [4.78, 5) is 0. The second-order valence-corrected chi connectivity index (χ2v) is 5.20. The first-order valence-corrected chi connectivity index (χ1v) is 5.92. The highest BCUT2D eigenvalue weighted by atomic mass is 127. The van der Waals surface area contributed by atoms with E-state index in [4.69, 9.17) is 0 Å². The first kappa shape index (κ1) is 9.78. The van der Waals surface area contributed by atoms with Gasteiger partial charge in [0, 0.05) is 3.92 Å². The van der Waals surface area contributed by atoms with Crippen LogP contribution in [0, 0.1) is 5.92 Å². The molecule has 0 aromatic carbocycles. The van der Waals surface area contributed by atoms with Gasteiger partial charge in [0.05, 0.1) is 0 Å². The Balaban J connectivity index is 2.13. The lowest BCUT2D eigenvalue weighted by atomic mass is 9.93. The molecule has 0 bridgehead atoms. The molecule has 66 valence electrons. The van der Waals surface area contributed by atoms with Crippen LogP contribution < -0.4 is 5.32 Å². The molecule has 1 aliphatic rings. The van der Waals surface area contributed by atoms with E-state index in [9.17, 15) is 0 Å². The minimum Gasteiger partial charge on any atom is -0.317 e. The van der Waals surface area contributed by atoms with Gasteiger partial charge in [-0.15, -0.1) is 0 Å². The summed E-state index contributed by atoms with van der Waals surface area (Å²) < 4.78 is 0.913. The second-order valence-electron chi connectivity index (χ2n) is 3.43. The molecule has 1 rings (SSSR count). The molecule has 0 aromatic rings. The highest BCUT2D eigenvalue weighted by Crippen LogP contribution is 2.23. The molecule has 0 radical (unpaired) electrons.